The second kappa shape index (κ2) is 8.53. The molecule has 0 spiro atoms. The summed E-state index contributed by atoms with van der Waals surface area (Å²) in [6.07, 6.45) is 0.121. The van der Waals surface area contributed by atoms with Gasteiger partial charge in [-0.25, -0.2) is 0 Å². The smallest absolute Gasteiger partial charge is 0.250 e. The van der Waals surface area contributed by atoms with Crippen LogP contribution in [0.1, 0.15) is 22.7 Å². The van der Waals surface area contributed by atoms with Gasteiger partial charge in [0.05, 0.1) is 12.6 Å². The third kappa shape index (κ3) is 4.14. The minimum Gasteiger partial charge on any atom is -0.363 e. The van der Waals surface area contributed by atoms with Crippen molar-refractivity contribution in [3.8, 4) is 0 Å². The van der Waals surface area contributed by atoms with Gasteiger partial charge in [0.2, 0.25) is 5.91 Å². The molecule has 5 heteroatoms. The van der Waals surface area contributed by atoms with Crippen molar-refractivity contribution < 1.29 is 9.53 Å². The number of benzene rings is 3. The van der Waals surface area contributed by atoms with Crippen molar-refractivity contribution in [1.82, 2.24) is 5.32 Å². The summed E-state index contributed by atoms with van der Waals surface area (Å²) in [5.41, 5.74) is 9.29. The van der Waals surface area contributed by atoms with Gasteiger partial charge in [-0.15, -0.1) is 12.4 Å². The van der Waals surface area contributed by atoms with Crippen LogP contribution in [0.4, 0.5) is 0 Å². The fourth-order valence-electron chi connectivity index (χ4n) is 3.48. The number of fused-ring (bicyclic) bond motifs is 2. The Balaban J connectivity index is 0.00000210. The first-order chi connectivity index (χ1) is 12.7. The van der Waals surface area contributed by atoms with Crippen molar-refractivity contribution >= 4 is 29.1 Å². The number of halogens is 1. The van der Waals surface area contributed by atoms with Crippen molar-refractivity contribution in [2.24, 2.45) is 5.73 Å². The van der Waals surface area contributed by atoms with E-state index in [4.69, 9.17) is 10.5 Å². The average Bonchev–Trinajstić information content (AvgIpc) is 2.71. The van der Waals surface area contributed by atoms with Gasteiger partial charge in [0, 0.05) is 13.0 Å². The van der Waals surface area contributed by atoms with Gasteiger partial charge in [-0.05, 0) is 33.5 Å². The Morgan fingerprint density at radius 2 is 1.74 bits per heavy atom. The van der Waals surface area contributed by atoms with Gasteiger partial charge in [0.1, 0.15) is 6.10 Å². The number of hydrogen-bond acceptors (Lipinski definition) is 3. The average molecular weight is 383 g/mol. The number of nitrogens with one attached hydrogen (secondary N) is 1. The van der Waals surface area contributed by atoms with Gasteiger partial charge in [-0.3, -0.25) is 4.79 Å². The molecule has 4 nitrogen and oxygen atoms in total. The van der Waals surface area contributed by atoms with E-state index in [-0.39, 0.29) is 24.4 Å². The van der Waals surface area contributed by atoms with Crippen LogP contribution in [0.3, 0.4) is 0 Å². The fourth-order valence-corrected chi connectivity index (χ4v) is 3.48. The van der Waals surface area contributed by atoms with Crippen molar-refractivity contribution in [3.63, 3.8) is 0 Å². The number of nitrogens with two attached hydrogens (primary N) is 1. The summed E-state index contributed by atoms with van der Waals surface area (Å²) in [6, 6.07) is 22.2. The van der Waals surface area contributed by atoms with Gasteiger partial charge in [0.15, 0.2) is 0 Å². The van der Waals surface area contributed by atoms with Crippen molar-refractivity contribution in [1.29, 1.82) is 0 Å². The zero-order valence-electron chi connectivity index (χ0n) is 14.9. The van der Waals surface area contributed by atoms with Crippen molar-refractivity contribution in [2.75, 3.05) is 6.54 Å². The summed E-state index contributed by atoms with van der Waals surface area (Å²) in [5.74, 6) is -0.108. The quantitative estimate of drug-likeness (QED) is 0.725. The predicted octanol–water partition coefficient (Wildman–Crippen LogP) is 3.52. The topological polar surface area (TPSA) is 64.3 Å². The molecule has 3 aromatic rings. The number of amides is 1. The molecule has 0 aromatic heterocycles. The summed E-state index contributed by atoms with van der Waals surface area (Å²) in [7, 11) is 0. The molecule has 3 aromatic carbocycles. The van der Waals surface area contributed by atoms with Crippen LogP contribution in [0.25, 0.3) is 10.8 Å². The lowest BCUT2D eigenvalue weighted by Gasteiger charge is -2.26. The van der Waals surface area contributed by atoms with E-state index in [9.17, 15) is 4.79 Å². The van der Waals surface area contributed by atoms with Crippen LogP contribution in [0.15, 0.2) is 66.7 Å². The summed E-state index contributed by atoms with van der Waals surface area (Å²) in [4.78, 5) is 12.7. The van der Waals surface area contributed by atoms with Gasteiger partial charge in [0.25, 0.3) is 0 Å². The Bertz CT molecular complexity index is 944. The van der Waals surface area contributed by atoms with E-state index in [0.29, 0.717) is 19.6 Å². The molecule has 0 bridgehead atoms. The first kappa shape index (κ1) is 19.4. The van der Waals surface area contributed by atoms with E-state index in [0.717, 1.165) is 16.5 Å². The predicted molar refractivity (Wildman–Crippen MR) is 110 cm³/mol. The van der Waals surface area contributed by atoms with Crippen molar-refractivity contribution in [2.45, 2.75) is 25.2 Å². The molecular weight excluding hydrogens is 360 g/mol. The molecule has 4 rings (SSSR count). The number of hydrogen-bond donors (Lipinski definition) is 2. The Morgan fingerprint density at radius 1 is 1.04 bits per heavy atom. The lowest BCUT2D eigenvalue weighted by molar-refractivity contribution is -0.135. The third-order valence-corrected chi connectivity index (χ3v) is 4.98. The molecule has 3 N–H and O–H groups in total. The highest BCUT2D eigenvalue weighted by Gasteiger charge is 2.27. The van der Waals surface area contributed by atoms with Crippen LogP contribution in [-0.4, -0.2) is 18.6 Å². The molecule has 0 aliphatic carbocycles. The normalized spacial score (nSPS) is 16.9. The lowest BCUT2D eigenvalue weighted by atomic mass is 9.98. The monoisotopic (exact) mass is 382 g/mol. The van der Waals surface area contributed by atoms with Crippen LogP contribution in [0.5, 0.6) is 0 Å². The van der Waals surface area contributed by atoms with Crippen LogP contribution in [0, 0.1) is 0 Å². The molecule has 2 unspecified atom stereocenters. The van der Waals surface area contributed by atoms with Crippen LogP contribution >= 0.6 is 12.4 Å². The molecule has 0 radical (unpaired) electrons. The maximum Gasteiger partial charge on any atom is 0.250 e. The second-order valence-electron chi connectivity index (χ2n) is 6.68. The van der Waals surface area contributed by atoms with Gasteiger partial charge in [-0.2, -0.15) is 0 Å². The van der Waals surface area contributed by atoms with E-state index < -0.39 is 6.10 Å². The van der Waals surface area contributed by atoms with E-state index >= 15 is 0 Å². The number of ether oxygens (including phenoxy) is 1. The molecule has 0 saturated heterocycles. The Hall–Kier alpha value is -2.40. The minimum atomic E-state index is -0.473. The largest absolute Gasteiger partial charge is 0.363 e. The molecule has 27 heavy (non-hydrogen) atoms. The Labute approximate surface area is 165 Å². The van der Waals surface area contributed by atoms with Gasteiger partial charge < -0.3 is 15.8 Å². The first-order valence-corrected chi connectivity index (χ1v) is 8.92. The summed E-state index contributed by atoms with van der Waals surface area (Å²) < 4.78 is 5.76. The van der Waals surface area contributed by atoms with Gasteiger partial charge >= 0.3 is 0 Å². The standard InChI is InChI=1S/C22H22N2O2.ClH/c23-13-20(18-10-9-15-5-1-2-6-16(15)11-18)24-22(25)21-12-17-7-3-4-8-19(17)14-26-21;/h1-11,20-21H,12-14,23H2,(H,24,25);1H. The van der Waals surface area contributed by atoms with E-state index in [1.54, 1.807) is 0 Å². The highest BCUT2D eigenvalue weighted by atomic mass is 35.5. The zero-order valence-corrected chi connectivity index (χ0v) is 15.7. The lowest BCUT2D eigenvalue weighted by Crippen LogP contribution is -2.43. The molecule has 0 fully saturated rings. The van der Waals surface area contributed by atoms with Crippen LogP contribution in [0.2, 0.25) is 0 Å². The Kier molecular flexibility index (Phi) is 6.11. The zero-order chi connectivity index (χ0) is 17.9. The Morgan fingerprint density at radius 3 is 2.52 bits per heavy atom. The van der Waals surface area contributed by atoms with Crippen LogP contribution in [-0.2, 0) is 22.6 Å². The summed E-state index contributed by atoms with van der Waals surface area (Å²) in [6.45, 7) is 0.810. The SMILES string of the molecule is Cl.NCC(NC(=O)C1Cc2ccccc2CO1)c1ccc2ccccc2c1. The molecule has 1 aliphatic rings. The van der Waals surface area contributed by atoms with E-state index in [1.807, 2.05) is 36.4 Å². The maximum atomic E-state index is 12.7. The first-order valence-electron chi connectivity index (χ1n) is 8.92. The highest BCUT2D eigenvalue weighted by molar-refractivity contribution is 5.85. The van der Waals surface area contributed by atoms with Crippen LogP contribution < -0.4 is 11.1 Å². The third-order valence-electron chi connectivity index (χ3n) is 4.98. The molecule has 1 aliphatic heterocycles. The number of carbonyl (C=O) groups excluding carboxylic acids is 1. The second-order valence-corrected chi connectivity index (χ2v) is 6.68. The molecule has 1 amide bonds. The van der Waals surface area contributed by atoms with E-state index in [1.165, 1.54) is 10.9 Å². The molecule has 1 heterocycles. The van der Waals surface area contributed by atoms with Gasteiger partial charge in [-0.1, -0.05) is 60.7 Å². The molecule has 0 saturated carbocycles. The maximum absolute atomic E-state index is 12.7. The minimum absolute atomic E-state index is 0. The molecular formula is C22H23ClN2O2. The fraction of sp³-hybridized carbons (Fsp3) is 0.227. The summed E-state index contributed by atoms with van der Waals surface area (Å²) >= 11 is 0. The van der Waals surface area contributed by atoms with E-state index in [2.05, 4.69) is 35.6 Å². The summed E-state index contributed by atoms with van der Waals surface area (Å²) in [5, 5.41) is 5.37. The van der Waals surface area contributed by atoms with Crippen molar-refractivity contribution in [3.05, 3.63) is 83.4 Å². The number of rotatable bonds is 4. The number of carbonyl (C=O) groups is 1. The highest BCUT2D eigenvalue weighted by Crippen LogP contribution is 2.23. The molecule has 140 valence electrons. The molecule has 2 atom stereocenters.